The highest BCUT2D eigenvalue weighted by atomic mass is 16.3. The van der Waals surface area contributed by atoms with E-state index in [4.69, 9.17) is 0 Å². The predicted octanol–water partition coefficient (Wildman–Crippen LogP) is 1.65. The van der Waals surface area contributed by atoms with Gasteiger partial charge in [-0.1, -0.05) is 20.8 Å². The van der Waals surface area contributed by atoms with Crippen LogP contribution in [-0.2, 0) is 4.79 Å². The van der Waals surface area contributed by atoms with Crippen molar-refractivity contribution in [1.82, 2.24) is 4.90 Å². The zero-order valence-corrected chi connectivity index (χ0v) is 10.5. The number of hydrogen-bond acceptors (Lipinski definition) is 2. The quantitative estimate of drug-likeness (QED) is 0.757. The van der Waals surface area contributed by atoms with Crippen molar-refractivity contribution in [3.8, 4) is 0 Å². The molecule has 3 heteroatoms. The molecule has 0 unspecified atom stereocenters. The van der Waals surface area contributed by atoms with E-state index in [1.165, 1.54) is 0 Å². The van der Waals surface area contributed by atoms with Gasteiger partial charge in [0.2, 0.25) is 0 Å². The van der Waals surface area contributed by atoms with Crippen molar-refractivity contribution < 1.29 is 9.90 Å². The molecule has 1 rings (SSSR count). The van der Waals surface area contributed by atoms with Crippen LogP contribution in [0.25, 0.3) is 0 Å². The van der Waals surface area contributed by atoms with Crippen LogP contribution in [0.1, 0.15) is 41.0 Å². The number of amides is 1. The molecule has 0 radical (unpaired) electrons. The van der Waals surface area contributed by atoms with Crippen molar-refractivity contribution in [3.63, 3.8) is 0 Å². The van der Waals surface area contributed by atoms with Crippen molar-refractivity contribution in [2.24, 2.45) is 11.3 Å². The van der Waals surface area contributed by atoms with Crippen LogP contribution >= 0.6 is 0 Å². The number of rotatable bonds is 2. The van der Waals surface area contributed by atoms with E-state index in [2.05, 4.69) is 20.8 Å². The fourth-order valence-electron chi connectivity index (χ4n) is 2.02. The molecule has 1 N–H and O–H groups in total. The predicted molar refractivity (Wildman–Crippen MR) is 60.4 cm³/mol. The maximum absolute atomic E-state index is 11.9. The summed E-state index contributed by atoms with van der Waals surface area (Å²) in [5.74, 6) is 0.420. The van der Waals surface area contributed by atoms with Crippen LogP contribution in [0.4, 0.5) is 0 Å². The minimum Gasteiger partial charge on any atom is -0.381 e. The number of likely N-dealkylation sites (tertiary alicyclic amines) is 1. The molecule has 15 heavy (non-hydrogen) atoms. The minimum absolute atomic E-state index is 0.146. The lowest BCUT2D eigenvalue weighted by Crippen LogP contribution is -2.45. The van der Waals surface area contributed by atoms with E-state index in [0.29, 0.717) is 5.92 Å². The molecule has 1 fully saturated rings. The van der Waals surface area contributed by atoms with E-state index in [1.807, 2.05) is 0 Å². The van der Waals surface area contributed by atoms with Gasteiger partial charge in [0.15, 0.2) is 0 Å². The Hall–Kier alpha value is -0.570. The van der Waals surface area contributed by atoms with Crippen molar-refractivity contribution in [1.29, 1.82) is 0 Å². The highest BCUT2D eigenvalue weighted by Crippen LogP contribution is 2.37. The molecule has 1 heterocycles. The van der Waals surface area contributed by atoms with E-state index in [-0.39, 0.29) is 11.3 Å². The van der Waals surface area contributed by atoms with Crippen LogP contribution in [0, 0.1) is 11.3 Å². The second-order valence-electron chi connectivity index (χ2n) is 5.84. The number of carbonyl (C=O) groups excluding carboxylic acids is 1. The first-order valence-electron chi connectivity index (χ1n) is 5.68. The second-order valence-corrected chi connectivity index (χ2v) is 5.84. The summed E-state index contributed by atoms with van der Waals surface area (Å²) in [5, 5.41) is 9.66. The van der Waals surface area contributed by atoms with E-state index >= 15 is 0 Å². The summed E-state index contributed by atoms with van der Waals surface area (Å²) >= 11 is 0. The van der Waals surface area contributed by atoms with E-state index in [9.17, 15) is 9.90 Å². The summed E-state index contributed by atoms with van der Waals surface area (Å²) < 4.78 is 0. The molecule has 0 spiro atoms. The fraction of sp³-hybridized carbons (Fsp3) is 0.917. The van der Waals surface area contributed by atoms with Gasteiger partial charge in [-0.15, -0.1) is 0 Å². The molecule has 88 valence electrons. The Labute approximate surface area is 92.5 Å². The number of aliphatic hydroxyl groups is 1. The van der Waals surface area contributed by atoms with Crippen LogP contribution in [0.15, 0.2) is 0 Å². The Morgan fingerprint density at radius 1 is 1.47 bits per heavy atom. The molecule has 0 aromatic heterocycles. The number of hydrogen-bond donors (Lipinski definition) is 1. The average molecular weight is 213 g/mol. The number of nitrogens with zero attached hydrogens (tertiary/aromatic N) is 1. The third kappa shape index (κ3) is 2.51. The summed E-state index contributed by atoms with van der Waals surface area (Å²) in [6, 6.07) is 0. The first-order valence-corrected chi connectivity index (χ1v) is 5.68. The lowest BCUT2D eigenvalue weighted by atomic mass is 9.78. The first-order chi connectivity index (χ1) is 6.67. The molecule has 1 aliphatic heterocycles. The summed E-state index contributed by atoms with van der Waals surface area (Å²) in [5.41, 5.74) is -1.02. The van der Waals surface area contributed by atoms with E-state index in [1.54, 1.807) is 18.7 Å². The second kappa shape index (κ2) is 3.78. The van der Waals surface area contributed by atoms with Gasteiger partial charge in [0, 0.05) is 13.1 Å². The first kappa shape index (κ1) is 12.5. The maximum Gasteiger partial charge on any atom is 0.253 e. The molecular weight excluding hydrogens is 190 g/mol. The topological polar surface area (TPSA) is 40.5 Å². The lowest BCUT2D eigenvalue weighted by molar-refractivity contribution is -0.147. The van der Waals surface area contributed by atoms with Gasteiger partial charge in [0.05, 0.1) is 0 Å². The van der Waals surface area contributed by atoms with Gasteiger partial charge in [0.1, 0.15) is 5.60 Å². The molecular formula is C12H23NO2. The van der Waals surface area contributed by atoms with Crippen LogP contribution in [-0.4, -0.2) is 34.6 Å². The fourth-order valence-corrected chi connectivity index (χ4v) is 2.02. The largest absolute Gasteiger partial charge is 0.381 e. The molecule has 0 aromatic rings. The van der Waals surface area contributed by atoms with Crippen LogP contribution < -0.4 is 0 Å². The van der Waals surface area contributed by atoms with Gasteiger partial charge in [-0.3, -0.25) is 4.79 Å². The summed E-state index contributed by atoms with van der Waals surface area (Å²) in [6.07, 6.45) is 1.03. The van der Waals surface area contributed by atoms with Gasteiger partial charge in [-0.05, 0) is 31.6 Å². The molecule has 1 amide bonds. The Bertz CT molecular complexity index is 255. The van der Waals surface area contributed by atoms with Gasteiger partial charge in [0.25, 0.3) is 5.91 Å². The summed E-state index contributed by atoms with van der Waals surface area (Å²) in [6.45, 7) is 11.3. The monoisotopic (exact) mass is 213 g/mol. The molecule has 0 aliphatic carbocycles. The summed E-state index contributed by atoms with van der Waals surface area (Å²) in [4.78, 5) is 13.6. The van der Waals surface area contributed by atoms with E-state index in [0.717, 1.165) is 19.5 Å². The molecule has 1 aliphatic rings. The maximum atomic E-state index is 11.9. The third-order valence-electron chi connectivity index (χ3n) is 3.71. The van der Waals surface area contributed by atoms with Crippen molar-refractivity contribution in [3.05, 3.63) is 0 Å². The number of carbonyl (C=O) groups is 1. The van der Waals surface area contributed by atoms with Gasteiger partial charge in [-0.25, -0.2) is 0 Å². The highest BCUT2D eigenvalue weighted by molar-refractivity contribution is 5.84. The Kier molecular flexibility index (Phi) is 3.15. The lowest BCUT2D eigenvalue weighted by Gasteiger charge is -2.30. The smallest absolute Gasteiger partial charge is 0.253 e. The Morgan fingerprint density at radius 3 is 2.33 bits per heavy atom. The van der Waals surface area contributed by atoms with Gasteiger partial charge < -0.3 is 10.0 Å². The van der Waals surface area contributed by atoms with E-state index < -0.39 is 5.60 Å². The van der Waals surface area contributed by atoms with Crippen LogP contribution in [0.3, 0.4) is 0 Å². The molecule has 0 bridgehead atoms. The van der Waals surface area contributed by atoms with Crippen LogP contribution in [0.5, 0.6) is 0 Å². The third-order valence-corrected chi connectivity index (χ3v) is 3.71. The molecule has 1 atom stereocenters. The Morgan fingerprint density at radius 2 is 2.00 bits per heavy atom. The van der Waals surface area contributed by atoms with Gasteiger partial charge >= 0.3 is 0 Å². The van der Waals surface area contributed by atoms with Crippen LogP contribution in [0.2, 0.25) is 0 Å². The highest BCUT2D eigenvalue weighted by Gasteiger charge is 2.41. The molecule has 1 saturated heterocycles. The van der Waals surface area contributed by atoms with Crippen molar-refractivity contribution in [2.45, 2.75) is 46.6 Å². The zero-order chi connectivity index (χ0) is 11.9. The minimum atomic E-state index is -1.23. The van der Waals surface area contributed by atoms with Crippen molar-refractivity contribution in [2.75, 3.05) is 13.1 Å². The van der Waals surface area contributed by atoms with Gasteiger partial charge in [-0.2, -0.15) is 0 Å². The molecule has 0 saturated carbocycles. The van der Waals surface area contributed by atoms with Crippen molar-refractivity contribution >= 4 is 5.91 Å². The average Bonchev–Trinajstić information content (AvgIpc) is 2.46. The SMILES string of the molecule is CC(C)[C@@]1(C)CCN(C(=O)C(C)(C)O)C1. The zero-order valence-electron chi connectivity index (χ0n) is 10.5. The Balaban J connectivity index is 2.69. The standard InChI is InChI=1S/C12H23NO2/c1-9(2)12(5)6-7-13(8-12)10(14)11(3,4)15/h9,15H,6-8H2,1-5H3/t12-/m0/s1. The molecule has 0 aromatic carbocycles. The molecule has 3 nitrogen and oxygen atoms in total. The summed E-state index contributed by atoms with van der Waals surface area (Å²) in [7, 11) is 0. The normalized spacial score (nSPS) is 27.5.